The Labute approximate surface area is 249 Å². The van der Waals surface area contributed by atoms with Gasteiger partial charge in [0.25, 0.3) is 10.0 Å². The standard InChI is InChI=1S/C32H41N3O4S2/c1-7-25(5)33-32(37)30(8-2)34(21-26-11-9-10-24(4)20-26)31(36)22-35(27-14-12-23(3)13-15-27)41(38,39)29-18-16-28(40-6)17-19-29/h9-20,25,30H,7-8,21-22H2,1-6H3,(H,33,37)/t25-,30+/m1/s1. The van der Waals surface area contributed by atoms with E-state index in [-0.39, 0.29) is 23.4 Å². The normalized spacial score (nSPS) is 12.8. The molecule has 41 heavy (non-hydrogen) atoms. The minimum Gasteiger partial charge on any atom is -0.352 e. The third-order valence-electron chi connectivity index (χ3n) is 7.07. The average Bonchev–Trinajstić information content (AvgIpc) is 2.96. The van der Waals surface area contributed by atoms with Crippen molar-refractivity contribution in [1.29, 1.82) is 0 Å². The van der Waals surface area contributed by atoms with Gasteiger partial charge in [-0.05, 0) is 81.8 Å². The molecule has 0 saturated carbocycles. The molecule has 0 aliphatic carbocycles. The predicted octanol–water partition coefficient (Wildman–Crippen LogP) is 5.94. The van der Waals surface area contributed by atoms with Crippen LogP contribution < -0.4 is 9.62 Å². The van der Waals surface area contributed by atoms with Crippen molar-refractivity contribution in [3.8, 4) is 0 Å². The Morgan fingerprint density at radius 3 is 2.12 bits per heavy atom. The number of carbonyl (C=O) groups excluding carboxylic acids is 2. The molecule has 9 heteroatoms. The van der Waals surface area contributed by atoms with Crippen molar-refractivity contribution in [3.05, 3.63) is 89.5 Å². The molecule has 0 heterocycles. The van der Waals surface area contributed by atoms with Crippen molar-refractivity contribution in [1.82, 2.24) is 10.2 Å². The Kier molecular flexibility index (Phi) is 11.4. The van der Waals surface area contributed by atoms with E-state index in [9.17, 15) is 18.0 Å². The first-order valence-electron chi connectivity index (χ1n) is 13.9. The van der Waals surface area contributed by atoms with E-state index in [1.807, 2.05) is 77.3 Å². The number of aryl methyl sites for hydroxylation is 2. The van der Waals surface area contributed by atoms with E-state index in [1.165, 1.54) is 16.7 Å². The Bertz CT molecular complexity index is 1420. The van der Waals surface area contributed by atoms with Crippen LogP contribution in [0.3, 0.4) is 0 Å². The maximum absolute atomic E-state index is 14.2. The fraction of sp³-hybridized carbons (Fsp3) is 0.375. The van der Waals surface area contributed by atoms with Crippen LogP contribution in [-0.2, 0) is 26.2 Å². The number of benzene rings is 3. The largest absolute Gasteiger partial charge is 0.352 e. The van der Waals surface area contributed by atoms with Crippen molar-refractivity contribution in [3.63, 3.8) is 0 Å². The lowest BCUT2D eigenvalue weighted by molar-refractivity contribution is -0.140. The van der Waals surface area contributed by atoms with Gasteiger partial charge in [0.2, 0.25) is 11.8 Å². The average molecular weight is 596 g/mol. The van der Waals surface area contributed by atoms with Gasteiger partial charge >= 0.3 is 0 Å². The molecule has 3 rings (SSSR count). The summed E-state index contributed by atoms with van der Waals surface area (Å²) >= 11 is 1.52. The molecule has 2 atom stereocenters. The molecule has 3 aromatic carbocycles. The summed E-state index contributed by atoms with van der Waals surface area (Å²) in [7, 11) is -4.10. The molecule has 0 unspecified atom stereocenters. The van der Waals surface area contributed by atoms with Crippen molar-refractivity contribution in [2.75, 3.05) is 17.1 Å². The van der Waals surface area contributed by atoms with E-state index in [0.717, 1.165) is 32.3 Å². The summed E-state index contributed by atoms with van der Waals surface area (Å²) in [5.74, 6) is -0.706. The monoisotopic (exact) mass is 595 g/mol. The second-order valence-electron chi connectivity index (χ2n) is 10.3. The van der Waals surface area contributed by atoms with Crippen LogP contribution in [0.1, 0.15) is 50.3 Å². The summed E-state index contributed by atoms with van der Waals surface area (Å²) in [6.45, 7) is 9.38. The number of nitrogens with one attached hydrogen (secondary N) is 1. The third kappa shape index (κ3) is 8.36. The number of hydrogen-bond donors (Lipinski definition) is 1. The number of amides is 2. The summed E-state index contributed by atoms with van der Waals surface area (Å²) in [6, 6.07) is 20.6. The lowest BCUT2D eigenvalue weighted by Gasteiger charge is -2.33. The number of anilines is 1. The SMILES string of the molecule is CC[C@@H](C)NC(=O)[C@H](CC)N(Cc1cccc(C)c1)C(=O)CN(c1ccc(C)cc1)S(=O)(=O)c1ccc(SC)cc1. The minimum absolute atomic E-state index is 0.0545. The summed E-state index contributed by atoms with van der Waals surface area (Å²) in [4.78, 5) is 30.1. The zero-order valence-electron chi connectivity index (χ0n) is 24.8. The first-order chi connectivity index (χ1) is 19.5. The van der Waals surface area contributed by atoms with Gasteiger partial charge in [0.1, 0.15) is 12.6 Å². The Balaban J connectivity index is 2.05. The van der Waals surface area contributed by atoms with Gasteiger partial charge in [-0.3, -0.25) is 13.9 Å². The summed E-state index contributed by atoms with van der Waals surface area (Å²) in [6.07, 6.45) is 3.06. The number of thioether (sulfide) groups is 1. The first-order valence-corrected chi connectivity index (χ1v) is 16.5. The highest BCUT2D eigenvalue weighted by Crippen LogP contribution is 2.27. The molecule has 0 aromatic heterocycles. The van der Waals surface area contributed by atoms with E-state index in [2.05, 4.69) is 5.32 Å². The highest BCUT2D eigenvalue weighted by Gasteiger charge is 2.34. The molecule has 0 bridgehead atoms. The Morgan fingerprint density at radius 1 is 0.902 bits per heavy atom. The number of carbonyl (C=O) groups is 2. The quantitative estimate of drug-likeness (QED) is 0.247. The van der Waals surface area contributed by atoms with Crippen LogP contribution in [0, 0.1) is 13.8 Å². The van der Waals surface area contributed by atoms with Crippen molar-refractivity contribution in [2.24, 2.45) is 0 Å². The fourth-order valence-electron chi connectivity index (χ4n) is 4.48. The smallest absolute Gasteiger partial charge is 0.264 e. The minimum atomic E-state index is -4.10. The highest BCUT2D eigenvalue weighted by atomic mass is 32.2. The van der Waals surface area contributed by atoms with E-state index >= 15 is 0 Å². The first kappa shape index (κ1) is 32.2. The number of hydrogen-bond acceptors (Lipinski definition) is 5. The molecule has 7 nitrogen and oxygen atoms in total. The van der Waals surface area contributed by atoms with Crippen LogP contribution in [0.4, 0.5) is 5.69 Å². The molecule has 0 radical (unpaired) electrons. The zero-order valence-corrected chi connectivity index (χ0v) is 26.4. The van der Waals surface area contributed by atoms with E-state index in [1.54, 1.807) is 36.4 Å². The fourth-order valence-corrected chi connectivity index (χ4v) is 6.30. The van der Waals surface area contributed by atoms with Gasteiger partial charge in [-0.1, -0.05) is 61.4 Å². The molecule has 3 aromatic rings. The topological polar surface area (TPSA) is 86.8 Å². The molecule has 0 aliphatic rings. The lowest BCUT2D eigenvalue weighted by Crippen LogP contribution is -2.53. The molecule has 0 aliphatic heterocycles. The van der Waals surface area contributed by atoms with Gasteiger partial charge in [0, 0.05) is 17.5 Å². The zero-order chi connectivity index (χ0) is 30.2. The van der Waals surface area contributed by atoms with E-state index in [4.69, 9.17) is 0 Å². The molecular formula is C32H41N3O4S2. The second kappa shape index (κ2) is 14.5. The Hall–Kier alpha value is -3.30. The van der Waals surface area contributed by atoms with Gasteiger partial charge in [-0.2, -0.15) is 0 Å². The summed E-state index contributed by atoms with van der Waals surface area (Å²) < 4.78 is 29.2. The maximum Gasteiger partial charge on any atom is 0.264 e. The summed E-state index contributed by atoms with van der Waals surface area (Å²) in [5.41, 5.74) is 3.25. The summed E-state index contributed by atoms with van der Waals surface area (Å²) in [5, 5.41) is 3.00. The van der Waals surface area contributed by atoms with E-state index in [0.29, 0.717) is 12.1 Å². The number of sulfonamides is 1. The molecule has 0 saturated heterocycles. The van der Waals surface area contributed by atoms with Gasteiger partial charge < -0.3 is 10.2 Å². The van der Waals surface area contributed by atoms with Crippen LogP contribution in [0.25, 0.3) is 0 Å². The third-order valence-corrected chi connectivity index (χ3v) is 9.60. The van der Waals surface area contributed by atoms with Crippen LogP contribution in [0.5, 0.6) is 0 Å². The number of rotatable bonds is 13. The molecule has 0 spiro atoms. The molecule has 0 fully saturated rings. The van der Waals surface area contributed by atoms with Crippen molar-refractivity contribution >= 4 is 39.3 Å². The van der Waals surface area contributed by atoms with Crippen LogP contribution in [0.15, 0.2) is 82.6 Å². The van der Waals surface area contributed by atoms with Crippen LogP contribution in [-0.4, -0.2) is 50.0 Å². The molecule has 1 N–H and O–H groups in total. The molecule has 220 valence electrons. The van der Waals surface area contributed by atoms with Crippen LogP contribution >= 0.6 is 11.8 Å². The van der Waals surface area contributed by atoms with Gasteiger partial charge in [0.15, 0.2) is 0 Å². The molecular weight excluding hydrogens is 555 g/mol. The van der Waals surface area contributed by atoms with Crippen molar-refractivity contribution < 1.29 is 18.0 Å². The van der Waals surface area contributed by atoms with Gasteiger partial charge in [0.05, 0.1) is 10.6 Å². The maximum atomic E-state index is 14.2. The highest BCUT2D eigenvalue weighted by molar-refractivity contribution is 7.98. The number of nitrogens with zero attached hydrogens (tertiary/aromatic N) is 2. The van der Waals surface area contributed by atoms with Crippen LogP contribution in [0.2, 0.25) is 0 Å². The van der Waals surface area contributed by atoms with Gasteiger partial charge in [-0.15, -0.1) is 11.8 Å². The Morgan fingerprint density at radius 2 is 1.56 bits per heavy atom. The van der Waals surface area contributed by atoms with E-state index < -0.39 is 28.5 Å². The second-order valence-corrected chi connectivity index (χ2v) is 13.0. The predicted molar refractivity (Wildman–Crippen MR) is 168 cm³/mol. The lowest BCUT2D eigenvalue weighted by atomic mass is 10.1. The van der Waals surface area contributed by atoms with Crippen molar-refractivity contribution in [2.45, 2.75) is 75.9 Å². The molecule has 2 amide bonds. The van der Waals surface area contributed by atoms with Gasteiger partial charge in [-0.25, -0.2) is 8.42 Å².